The van der Waals surface area contributed by atoms with Crippen LogP contribution in [0.2, 0.25) is 0 Å². The number of fused-ring (bicyclic) bond motifs is 1. The summed E-state index contributed by atoms with van der Waals surface area (Å²) in [5.41, 5.74) is 2.32. The van der Waals surface area contributed by atoms with Gasteiger partial charge in [0.15, 0.2) is 5.69 Å². The predicted octanol–water partition coefficient (Wildman–Crippen LogP) is 2.15. The van der Waals surface area contributed by atoms with Crippen molar-refractivity contribution in [1.29, 1.82) is 0 Å². The van der Waals surface area contributed by atoms with E-state index in [2.05, 4.69) is 15.1 Å². The summed E-state index contributed by atoms with van der Waals surface area (Å²) in [7, 11) is -1.93. The molecule has 0 spiro atoms. The fourth-order valence-corrected chi connectivity index (χ4v) is 4.02. The standard InChI is InChI=1S/C20H20N6O3S/c1-14(15-7-9-16(10-8-15)26-13-21-12-22-26)24(2)19(27)18-17-6-4-5-11-25(17)20(23-18)30(3,28)29/h4-14H,1-3H3. The molecule has 0 aliphatic rings. The fraction of sp³-hybridized carbons (Fsp3) is 0.200. The monoisotopic (exact) mass is 424 g/mol. The Morgan fingerprint density at radius 1 is 1.13 bits per heavy atom. The molecule has 3 heterocycles. The lowest BCUT2D eigenvalue weighted by Gasteiger charge is -2.25. The van der Waals surface area contributed by atoms with Crippen LogP contribution in [-0.4, -0.2) is 56.7 Å². The van der Waals surface area contributed by atoms with Crippen LogP contribution in [0, 0.1) is 0 Å². The molecule has 0 radical (unpaired) electrons. The quantitative estimate of drug-likeness (QED) is 0.486. The number of carbonyl (C=O) groups is 1. The van der Waals surface area contributed by atoms with Gasteiger partial charge in [0.05, 0.1) is 17.2 Å². The van der Waals surface area contributed by atoms with Crippen LogP contribution in [0.25, 0.3) is 11.2 Å². The first-order valence-electron chi connectivity index (χ1n) is 9.16. The molecule has 9 nitrogen and oxygen atoms in total. The molecule has 4 aromatic rings. The highest BCUT2D eigenvalue weighted by atomic mass is 32.2. The maximum Gasteiger partial charge on any atom is 0.274 e. The topological polar surface area (TPSA) is 102 Å². The van der Waals surface area contributed by atoms with Gasteiger partial charge in [-0.3, -0.25) is 9.20 Å². The summed E-state index contributed by atoms with van der Waals surface area (Å²) in [5, 5.41) is 3.94. The largest absolute Gasteiger partial charge is 0.334 e. The van der Waals surface area contributed by atoms with Crippen LogP contribution in [-0.2, 0) is 9.84 Å². The van der Waals surface area contributed by atoms with Gasteiger partial charge in [0.25, 0.3) is 5.91 Å². The van der Waals surface area contributed by atoms with E-state index in [0.717, 1.165) is 17.5 Å². The van der Waals surface area contributed by atoms with Crippen molar-refractivity contribution in [3.8, 4) is 5.69 Å². The van der Waals surface area contributed by atoms with E-state index in [1.807, 2.05) is 31.2 Å². The second-order valence-corrected chi connectivity index (χ2v) is 8.90. The molecule has 10 heteroatoms. The summed E-state index contributed by atoms with van der Waals surface area (Å²) in [5.74, 6) is -0.360. The SMILES string of the molecule is CC(c1ccc(-n2cncn2)cc1)N(C)C(=O)c1nc(S(C)(=O)=O)n2ccccc12. The Balaban J connectivity index is 1.65. The van der Waals surface area contributed by atoms with Gasteiger partial charge in [-0.05, 0) is 36.8 Å². The van der Waals surface area contributed by atoms with Gasteiger partial charge >= 0.3 is 0 Å². The molecule has 1 atom stereocenters. The van der Waals surface area contributed by atoms with Gasteiger partial charge in [-0.25, -0.2) is 23.1 Å². The third-order valence-corrected chi connectivity index (χ3v) is 5.96. The average molecular weight is 424 g/mol. The number of pyridine rings is 1. The summed E-state index contributed by atoms with van der Waals surface area (Å²) < 4.78 is 27.3. The van der Waals surface area contributed by atoms with Crippen LogP contribution in [0.4, 0.5) is 0 Å². The molecule has 1 aromatic carbocycles. The zero-order chi connectivity index (χ0) is 21.5. The summed E-state index contributed by atoms with van der Waals surface area (Å²) in [4.78, 5) is 22.9. The normalized spacial score (nSPS) is 12.8. The number of rotatable bonds is 5. The Kier molecular flexibility index (Phi) is 4.86. The molecule has 30 heavy (non-hydrogen) atoms. The Hall–Kier alpha value is -3.53. The molecule has 0 bridgehead atoms. The third kappa shape index (κ3) is 3.45. The maximum absolute atomic E-state index is 13.2. The summed E-state index contributed by atoms with van der Waals surface area (Å²) in [6, 6.07) is 12.5. The second kappa shape index (κ2) is 7.38. The van der Waals surface area contributed by atoms with Crippen LogP contribution >= 0.6 is 0 Å². The van der Waals surface area contributed by atoms with Crippen molar-refractivity contribution in [1.82, 2.24) is 29.0 Å². The minimum Gasteiger partial charge on any atom is -0.334 e. The Morgan fingerprint density at radius 2 is 1.87 bits per heavy atom. The highest BCUT2D eigenvalue weighted by Crippen LogP contribution is 2.24. The van der Waals surface area contributed by atoms with Gasteiger partial charge < -0.3 is 4.90 Å². The van der Waals surface area contributed by atoms with Crippen LogP contribution in [0.15, 0.2) is 66.5 Å². The molecule has 1 amide bonds. The van der Waals surface area contributed by atoms with Gasteiger partial charge in [-0.15, -0.1) is 0 Å². The molecule has 0 N–H and O–H groups in total. The molecule has 0 fully saturated rings. The van der Waals surface area contributed by atoms with E-state index in [-0.39, 0.29) is 22.8 Å². The summed E-state index contributed by atoms with van der Waals surface area (Å²) in [6.07, 6.45) is 5.73. The second-order valence-electron chi connectivity index (χ2n) is 6.99. The number of hydrogen-bond donors (Lipinski definition) is 0. The summed E-state index contributed by atoms with van der Waals surface area (Å²) >= 11 is 0. The lowest BCUT2D eigenvalue weighted by atomic mass is 10.1. The lowest BCUT2D eigenvalue weighted by Crippen LogP contribution is -2.30. The van der Waals surface area contributed by atoms with Crippen LogP contribution < -0.4 is 0 Å². The van der Waals surface area contributed by atoms with Crippen molar-refractivity contribution in [3.05, 3.63) is 72.6 Å². The first kappa shape index (κ1) is 19.8. The predicted molar refractivity (Wildman–Crippen MR) is 110 cm³/mol. The number of hydrogen-bond acceptors (Lipinski definition) is 6. The highest BCUT2D eigenvalue weighted by molar-refractivity contribution is 7.90. The van der Waals surface area contributed by atoms with Crippen LogP contribution in [0.3, 0.4) is 0 Å². The Morgan fingerprint density at radius 3 is 2.50 bits per heavy atom. The van der Waals surface area contributed by atoms with Gasteiger partial charge in [0, 0.05) is 19.5 Å². The molecule has 0 saturated carbocycles. The number of amides is 1. The van der Waals surface area contributed by atoms with E-state index < -0.39 is 9.84 Å². The molecule has 3 aromatic heterocycles. The molecular weight excluding hydrogens is 404 g/mol. The first-order chi connectivity index (χ1) is 14.3. The fourth-order valence-electron chi connectivity index (χ4n) is 3.24. The van der Waals surface area contributed by atoms with Gasteiger partial charge in [0.1, 0.15) is 12.7 Å². The molecule has 1 unspecified atom stereocenters. The zero-order valence-corrected chi connectivity index (χ0v) is 17.5. The summed E-state index contributed by atoms with van der Waals surface area (Å²) in [6.45, 7) is 1.90. The van der Waals surface area contributed by atoms with E-state index in [0.29, 0.717) is 5.52 Å². The number of nitrogens with zero attached hydrogens (tertiary/aromatic N) is 6. The van der Waals surface area contributed by atoms with Gasteiger partial charge in [-0.1, -0.05) is 18.2 Å². The molecule has 0 saturated heterocycles. The van der Waals surface area contributed by atoms with E-state index >= 15 is 0 Å². The molecule has 0 aliphatic heterocycles. The Bertz CT molecular complexity index is 1310. The molecule has 0 aliphatic carbocycles. The number of imidazole rings is 1. The zero-order valence-electron chi connectivity index (χ0n) is 16.7. The maximum atomic E-state index is 13.2. The van der Waals surface area contributed by atoms with Crippen LogP contribution in [0.1, 0.15) is 29.0 Å². The van der Waals surface area contributed by atoms with Gasteiger partial charge in [0.2, 0.25) is 15.0 Å². The Labute approximate surface area is 173 Å². The third-order valence-electron chi connectivity index (χ3n) is 5.01. The van der Waals surface area contributed by atoms with Crippen molar-refractivity contribution < 1.29 is 13.2 Å². The van der Waals surface area contributed by atoms with Gasteiger partial charge in [-0.2, -0.15) is 5.10 Å². The van der Waals surface area contributed by atoms with E-state index in [4.69, 9.17) is 0 Å². The van der Waals surface area contributed by atoms with Crippen molar-refractivity contribution in [2.24, 2.45) is 0 Å². The number of aromatic nitrogens is 5. The molecular formula is C20H20N6O3S. The van der Waals surface area contributed by atoms with Crippen molar-refractivity contribution >= 4 is 21.3 Å². The average Bonchev–Trinajstić information content (AvgIpc) is 3.40. The highest BCUT2D eigenvalue weighted by Gasteiger charge is 2.27. The van der Waals surface area contributed by atoms with E-state index in [1.54, 1.807) is 47.4 Å². The minimum atomic E-state index is -3.60. The van der Waals surface area contributed by atoms with Crippen molar-refractivity contribution in [3.63, 3.8) is 0 Å². The number of sulfone groups is 1. The minimum absolute atomic E-state index is 0.101. The lowest BCUT2D eigenvalue weighted by molar-refractivity contribution is 0.0739. The van der Waals surface area contributed by atoms with Crippen molar-refractivity contribution in [2.75, 3.05) is 13.3 Å². The first-order valence-corrected chi connectivity index (χ1v) is 11.1. The smallest absolute Gasteiger partial charge is 0.274 e. The number of carbonyl (C=O) groups excluding carboxylic acids is 1. The number of benzene rings is 1. The van der Waals surface area contributed by atoms with Crippen LogP contribution in [0.5, 0.6) is 0 Å². The molecule has 154 valence electrons. The molecule has 4 rings (SSSR count). The van der Waals surface area contributed by atoms with E-state index in [9.17, 15) is 13.2 Å². The van der Waals surface area contributed by atoms with Crippen molar-refractivity contribution in [2.45, 2.75) is 18.1 Å². The van der Waals surface area contributed by atoms with E-state index in [1.165, 1.54) is 10.7 Å².